The number of likely N-dealkylation sites (tertiary alicyclic amines) is 1. The lowest BCUT2D eigenvalue weighted by Crippen LogP contribution is -2.21. The molecule has 0 bridgehead atoms. The molecule has 45 heavy (non-hydrogen) atoms. The number of fused-ring (bicyclic) bond motifs is 1. The second kappa shape index (κ2) is 13.1. The second-order valence-corrected chi connectivity index (χ2v) is 11.4. The molecule has 1 fully saturated rings. The Kier molecular flexibility index (Phi) is 8.29. The lowest BCUT2D eigenvalue weighted by Gasteiger charge is -2.14. The van der Waals surface area contributed by atoms with Gasteiger partial charge >= 0.3 is 0 Å². The van der Waals surface area contributed by atoms with E-state index in [1.54, 1.807) is 6.20 Å². The first-order chi connectivity index (χ1) is 22.2. The average molecular weight is 594 g/mol. The highest BCUT2D eigenvalue weighted by molar-refractivity contribution is 5.93. The largest absolute Gasteiger partial charge is 0.326 e. The molecule has 0 spiro atoms. The van der Waals surface area contributed by atoms with Gasteiger partial charge in [-0.1, -0.05) is 60.7 Å². The molecule has 1 aliphatic heterocycles. The van der Waals surface area contributed by atoms with Crippen LogP contribution in [0.15, 0.2) is 116 Å². The molecule has 0 unspecified atom stereocenters. The van der Waals surface area contributed by atoms with E-state index in [-0.39, 0.29) is 5.91 Å². The highest BCUT2D eigenvalue weighted by atomic mass is 16.1. The summed E-state index contributed by atoms with van der Waals surface area (Å²) in [6, 6.07) is 33.9. The van der Waals surface area contributed by atoms with Gasteiger partial charge in [0, 0.05) is 35.9 Å². The van der Waals surface area contributed by atoms with E-state index in [0.29, 0.717) is 18.1 Å². The van der Waals surface area contributed by atoms with E-state index >= 15 is 0 Å². The minimum absolute atomic E-state index is 0.0697. The molecular weight excluding hydrogens is 558 g/mol. The van der Waals surface area contributed by atoms with Crippen molar-refractivity contribution in [3.8, 4) is 22.6 Å². The fraction of sp³-hybridized carbons (Fsp3) is 0.189. The number of hydrogen-bond acceptors (Lipinski definition) is 6. The summed E-state index contributed by atoms with van der Waals surface area (Å²) >= 11 is 0. The van der Waals surface area contributed by atoms with Crippen molar-refractivity contribution in [2.75, 3.05) is 30.3 Å². The molecule has 8 nitrogen and oxygen atoms in total. The van der Waals surface area contributed by atoms with E-state index in [0.717, 1.165) is 52.5 Å². The standard InChI is InChI=1S/C37H35N7O/c45-34(25-28-9-2-1-3-10-28)39-31-12-8-11-29(26-31)35-36(44-23-5-4-13-33(44)42-35)32-18-20-38-37(41-32)40-30-16-14-27(15-17-30)19-24-43-21-6-7-22-43/h1-5,8-18,20,23,26H,6-7,19,21-22,24-25H2,(H,39,45)(H,38,40,41). The van der Waals surface area contributed by atoms with Crippen LogP contribution < -0.4 is 10.6 Å². The van der Waals surface area contributed by atoms with Crippen LogP contribution in [0, 0.1) is 0 Å². The van der Waals surface area contributed by atoms with Crippen LogP contribution in [0.5, 0.6) is 0 Å². The van der Waals surface area contributed by atoms with Gasteiger partial charge in [0.15, 0.2) is 0 Å². The third-order valence-corrected chi connectivity index (χ3v) is 8.18. The highest BCUT2D eigenvalue weighted by Crippen LogP contribution is 2.33. The Morgan fingerprint density at radius 3 is 2.44 bits per heavy atom. The van der Waals surface area contributed by atoms with Gasteiger partial charge in [0.05, 0.1) is 23.5 Å². The van der Waals surface area contributed by atoms with E-state index in [1.807, 2.05) is 89.5 Å². The summed E-state index contributed by atoms with van der Waals surface area (Å²) < 4.78 is 2.04. The molecule has 1 aliphatic rings. The molecule has 3 aromatic heterocycles. The first kappa shape index (κ1) is 28.4. The maximum absolute atomic E-state index is 12.8. The molecular formula is C37H35N7O. The number of pyridine rings is 1. The summed E-state index contributed by atoms with van der Waals surface area (Å²) in [6.07, 6.45) is 7.75. The molecule has 3 aromatic carbocycles. The van der Waals surface area contributed by atoms with Crippen LogP contribution in [0.2, 0.25) is 0 Å². The maximum atomic E-state index is 12.8. The average Bonchev–Trinajstić information content (AvgIpc) is 3.74. The molecule has 6 aromatic rings. The molecule has 0 atom stereocenters. The Morgan fingerprint density at radius 1 is 0.778 bits per heavy atom. The molecule has 4 heterocycles. The van der Waals surface area contributed by atoms with Gasteiger partial charge in [-0.25, -0.2) is 15.0 Å². The van der Waals surface area contributed by atoms with Crippen LogP contribution in [0.25, 0.3) is 28.3 Å². The number of carbonyl (C=O) groups is 1. The third kappa shape index (κ3) is 6.76. The predicted molar refractivity (Wildman–Crippen MR) is 180 cm³/mol. The predicted octanol–water partition coefficient (Wildman–Crippen LogP) is 7.02. The molecule has 2 N–H and O–H groups in total. The minimum atomic E-state index is -0.0697. The number of aromatic nitrogens is 4. The zero-order chi connectivity index (χ0) is 30.4. The summed E-state index contributed by atoms with van der Waals surface area (Å²) in [5.41, 5.74) is 7.99. The first-order valence-corrected chi connectivity index (χ1v) is 15.5. The SMILES string of the molecule is O=C(Cc1ccccc1)Nc1cccc(-c2nc3ccccn3c2-c2ccnc(Nc3ccc(CCN4CCCC4)cc3)n2)c1. The van der Waals surface area contributed by atoms with Crippen LogP contribution in [0.4, 0.5) is 17.3 Å². The topological polar surface area (TPSA) is 87.5 Å². The Labute approximate surface area is 262 Å². The maximum Gasteiger partial charge on any atom is 0.228 e. The van der Waals surface area contributed by atoms with Crippen molar-refractivity contribution in [2.24, 2.45) is 0 Å². The number of nitrogens with one attached hydrogen (secondary N) is 2. The summed E-state index contributed by atoms with van der Waals surface area (Å²) in [4.78, 5) is 29.7. The van der Waals surface area contributed by atoms with Gasteiger partial charge in [-0.15, -0.1) is 0 Å². The Bertz CT molecular complexity index is 1910. The van der Waals surface area contributed by atoms with Crippen molar-refractivity contribution < 1.29 is 4.79 Å². The van der Waals surface area contributed by atoms with Gasteiger partial charge in [-0.05, 0) is 85.9 Å². The van der Waals surface area contributed by atoms with Crippen molar-refractivity contribution >= 4 is 28.9 Å². The normalized spacial score (nSPS) is 13.2. The second-order valence-electron chi connectivity index (χ2n) is 11.4. The van der Waals surface area contributed by atoms with Crippen molar-refractivity contribution in [3.63, 3.8) is 0 Å². The van der Waals surface area contributed by atoms with Crippen LogP contribution in [-0.2, 0) is 17.6 Å². The summed E-state index contributed by atoms with van der Waals surface area (Å²) in [6.45, 7) is 3.55. The van der Waals surface area contributed by atoms with Gasteiger partial charge in [0.1, 0.15) is 5.65 Å². The number of amides is 1. The molecule has 7 rings (SSSR count). The Hall–Kier alpha value is -5.34. The summed E-state index contributed by atoms with van der Waals surface area (Å²) in [7, 11) is 0. The van der Waals surface area contributed by atoms with Crippen molar-refractivity contribution in [3.05, 3.63) is 127 Å². The van der Waals surface area contributed by atoms with Gasteiger partial charge in [0.25, 0.3) is 0 Å². The Balaban J connectivity index is 1.13. The van der Waals surface area contributed by atoms with E-state index in [4.69, 9.17) is 9.97 Å². The van der Waals surface area contributed by atoms with Crippen LogP contribution in [0.3, 0.4) is 0 Å². The van der Waals surface area contributed by atoms with Crippen LogP contribution in [0.1, 0.15) is 24.0 Å². The summed E-state index contributed by atoms with van der Waals surface area (Å²) in [5, 5.41) is 6.42. The van der Waals surface area contributed by atoms with E-state index < -0.39 is 0 Å². The lowest BCUT2D eigenvalue weighted by molar-refractivity contribution is -0.115. The molecule has 1 saturated heterocycles. The van der Waals surface area contributed by atoms with Crippen molar-refractivity contribution in [2.45, 2.75) is 25.7 Å². The van der Waals surface area contributed by atoms with Crippen molar-refractivity contribution in [1.29, 1.82) is 0 Å². The molecule has 1 amide bonds. The minimum Gasteiger partial charge on any atom is -0.326 e. The zero-order valence-corrected chi connectivity index (χ0v) is 25.1. The monoisotopic (exact) mass is 593 g/mol. The number of rotatable bonds is 10. The highest BCUT2D eigenvalue weighted by Gasteiger charge is 2.18. The molecule has 0 radical (unpaired) electrons. The van der Waals surface area contributed by atoms with Crippen LogP contribution in [-0.4, -0.2) is 49.8 Å². The quantitative estimate of drug-likeness (QED) is 0.178. The summed E-state index contributed by atoms with van der Waals surface area (Å²) in [5.74, 6) is 0.441. The molecule has 224 valence electrons. The number of carbonyl (C=O) groups excluding carboxylic acids is 1. The molecule has 0 aliphatic carbocycles. The molecule has 8 heteroatoms. The fourth-order valence-electron chi connectivity index (χ4n) is 5.90. The number of imidazole rings is 1. The van der Waals surface area contributed by atoms with Gasteiger partial charge in [0.2, 0.25) is 11.9 Å². The van der Waals surface area contributed by atoms with E-state index in [2.05, 4.69) is 44.8 Å². The van der Waals surface area contributed by atoms with Gasteiger partial charge in [-0.3, -0.25) is 9.20 Å². The van der Waals surface area contributed by atoms with E-state index in [1.165, 1.54) is 31.5 Å². The number of nitrogens with zero attached hydrogens (tertiary/aromatic N) is 5. The van der Waals surface area contributed by atoms with Gasteiger partial charge < -0.3 is 15.5 Å². The Morgan fingerprint density at radius 2 is 1.60 bits per heavy atom. The van der Waals surface area contributed by atoms with Crippen LogP contribution >= 0.6 is 0 Å². The molecule has 0 saturated carbocycles. The van der Waals surface area contributed by atoms with Crippen molar-refractivity contribution in [1.82, 2.24) is 24.3 Å². The van der Waals surface area contributed by atoms with Gasteiger partial charge in [-0.2, -0.15) is 0 Å². The number of hydrogen-bond donors (Lipinski definition) is 2. The lowest BCUT2D eigenvalue weighted by atomic mass is 10.1. The zero-order valence-electron chi connectivity index (χ0n) is 25.1. The number of benzene rings is 3. The smallest absolute Gasteiger partial charge is 0.228 e. The first-order valence-electron chi connectivity index (χ1n) is 15.5. The fourth-order valence-corrected chi connectivity index (χ4v) is 5.90. The third-order valence-electron chi connectivity index (χ3n) is 8.18. The number of anilines is 3. The van der Waals surface area contributed by atoms with E-state index in [9.17, 15) is 4.79 Å².